The Morgan fingerprint density at radius 1 is 1.47 bits per heavy atom. The van der Waals surface area contributed by atoms with Gasteiger partial charge in [0, 0.05) is 12.1 Å². The van der Waals surface area contributed by atoms with Crippen molar-refractivity contribution in [3.8, 4) is 17.1 Å². The molecule has 3 rings (SSSR count). The number of tetrazole rings is 1. The summed E-state index contributed by atoms with van der Waals surface area (Å²) < 4.78 is 6.92. The first-order valence-corrected chi connectivity index (χ1v) is 6.21. The second kappa shape index (κ2) is 4.79. The molecule has 0 atom stereocenters. The van der Waals surface area contributed by atoms with Gasteiger partial charge in [-0.2, -0.15) is 0 Å². The van der Waals surface area contributed by atoms with Crippen LogP contribution in [0.3, 0.4) is 0 Å². The van der Waals surface area contributed by atoms with Gasteiger partial charge in [-0.15, -0.1) is 5.10 Å². The molecule has 1 aliphatic rings. The summed E-state index contributed by atoms with van der Waals surface area (Å²) in [5, 5.41) is 11.8. The number of benzene rings is 1. The van der Waals surface area contributed by atoms with Crippen LogP contribution in [0.15, 0.2) is 18.2 Å². The summed E-state index contributed by atoms with van der Waals surface area (Å²) in [6.07, 6.45) is 3.25. The van der Waals surface area contributed by atoms with E-state index in [1.165, 1.54) is 12.8 Å². The minimum absolute atomic E-state index is 0.501. The van der Waals surface area contributed by atoms with E-state index in [1.54, 1.807) is 23.9 Å². The zero-order valence-corrected chi connectivity index (χ0v) is 10.6. The third kappa shape index (κ3) is 2.33. The molecule has 98 valence electrons. The van der Waals surface area contributed by atoms with Gasteiger partial charge < -0.3 is 4.74 Å². The average molecular weight is 258 g/mol. The van der Waals surface area contributed by atoms with Gasteiger partial charge in [0.25, 0.3) is 0 Å². The van der Waals surface area contributed by atoms with E-state index in [9.17, 15) is 4.79 Å². The highest BCUT2D eigenvalue weighted by Crippen LogP contribution is 2.32. The van der Waals surface area contributed by atoms with Crippen molar-refractivity contribution in [1.82, 2.24) is 20.2 Å². The van der Waals surface area contributed by atoms with Crippen molar-refractivity contribution in [3.63, 3.8) is 0 Å². The monoisotopic (exact) mass is 258 g/mol. The molecular weight excluding hydrogens is 244 g/mol. The molecule has 19 heavy (non-hydrogen) atoms. The quantitative estimate of drug-likeness (QED) is 0.761. The maximum atomic E-state index is 11.0. The molecule has 0 aliphatic heterocycles. The Hall–Kier alpha value is -2.24. The third-order valence-corrected chi connectivity index (χ3v) is 3.27. The van der Waals surface area contributed by atoms with Crippen LogP contribution in [-0.2, 0) is 6.54 Å². The number of aldehydes is 1. The smallest absolute Gasteiger partial charge is 0.182 e. The number of carbonyl (C=O) groups is 1. The molecule has 0 spiro atoms. The van der Waals surface area contributed by atoms with Crippen molar-refractivity contribution in [2.45, 2.75) is 19.4 Å². The van der Waals surface area contributed by atoms with E-state index in [1.807, 2.05) is 6.07 Å². The SMILES string of the molecule is COc1ccc(-c2nnnn2CC2CC2)cc1C=O. The lowest BCUT2D eigenvalue weighted by molar-refractivity contribution is 0.112. The minimum atomic E-state index is 0.501. The lowest BCUT2D eigenvalue weighted by Crippen LogP contribution is -2.04. The van der Waals surface area contributed by atoms with Gasteiger partial charge in [-0.25, -0.2) is 4.68 Å². The van der Waals surface area contributed by atoms with E-state index in [-0.39, 0.29) is 0 Å². The van der Waals surface area contributed by atoms with Crippen LogP contribution in [0.25, 0.3) is 11.4 Å². The maximum Gasteiger partial charge on any atom is 0.182 e. The molecule has 1 aromatic heterocycles. The van der Waals surface area contributed by atoms with Crippen LogP contribution in [0.1, 0.15) is 23.2 Å². The Morgan fingerprint density at radius 2 is 2.32 bits per heavy atom. The molecule has 1 aliphatic carbocycles. The normalized spacial score (nSPS) is 14.4. The van der Waals surface area contributed by atoms with Gasteiger partial charge in [0.1, 0.15) is 5.75 Å². The first kappa shape index (κ1) is 11.8. The second-order valence-corrected chi connectivity index (χ2v) is 4.70. The fraction of sp³-hybridized carbons (Fsp3) is 0.385. The number of ether oxygens (including phenoxy) is 1. The summed E-state index contributed by atoms with van der Waals surface area (Å²) >= 11 is 0. The standard InChI is InChI=1S/C13H14N4O2/c1-19-12-5-4-10(6-11(12)8-18)13-14-15-16-17(13)7-9-2-3-9/h4-6,8-9H,2-3,7H2,1H3. The van der Waals surface area contributed by atoms with Crippen LogP contribution < -0.4 is 4.74 Å². The molecule has 0 amide bonds. The average Bonchev–Trinajstić information content (AvgIpc) is 3.14. The summed E-state index contributed by atoms with van der Waals surface area (Å²) in [6.45, 7) is 0.838. The predicted molar refractivity (Wildman–Crippen MR) is 67.9 cm³/mol. The molecule has 0 radical (unpaired) electrons. The number of hydrogen-bond acceptors (Lipinski definition) is 5. The van der Waals surface area contributed by atoms with E-state index in [2.05, 4.69) is 15.5 Å². The zero-order chi connectivity index (χ0) is 13.2. The summed E-state index contributed by atoms with van der Waals surface area (Å²) in [7, 11) is 1.54. The third-order valence-electron chi connectivity index (χ3n) is 3.27. The van der Waals surface area contributed by atoms with Gasteiger partial charge in [-0.3, -0.25) is 4.79 Å². The summed E-state index contributed by atoms with van der Waals surface area (Å²) in [6, 6.07) is 5.37. The summed E-state index contributed by atoms with van der Waals surface area (Å²) in [5.41, 5.74) is 1.33. The van der Waals surface area contributed by atoms with Gasteiger partial charge >= 0.3 is 0 Å². The molecule has 0 N–H and O–H groups in total. The molecule has 1 heterocycles. The van der Waals surface area contributed by atoms with Crippen LogP contribution in [0.4, 0.5) is 0 Å². The molecule has 0 saturated heterocycles. The Kier molecular flexibility index (Phi) is 2.98. The van der Waals surface area contributed by atoms with Gasteiger partial charge in [0.2, 0.25) is 0 Å². The number of aromatic nitrogens is 4. The van der Waals surface area contributed by atoms with Gasteiger partial charge in [-0.1, -0.05) is 0 Å². The summed E-state index contributed by atoms with van der Waals surface area (Å²) in [4.78, 5) is 11.0. The molecule has 1 fully saturated rings. The van der Waals surface area contributed by atoms with E-state index in [0.717, 1.165) is 18.4 Å². The van der Waals surface area contributed by atoms with Crippen molar-refractivity contribution in [1.29, 1.82) is 0 Å². The number of nitrogens with zero attached hydrogens (tertiary/aromatic N) is 4. The maximum absolute atomic E-state index is 11.0. The number of methoxy groups -OCH3 is 1. The van der Waals surface area contributed by atoms with Gasteiger partial charge in [0.15, 0.2) is 12.1 Å². The lowest BCUT2D eigenvalue weighted by Gasteiger charge is -2.07. The summed E-state index contributed by atoms with van der Waals surface area (Å²) in [5.74, 6) is 1.93. The molecule has 1 aromatic carbocycles. The largest absolute Gasteiger partial charge is 0.496 e. The highest BCUT2D eigenvalue weighted by Gasteiger charge is 2.24. The van der Waals surface area contributed by atoms with Crippen molar-refractivity contribution in [2.75, 3.05) is 7.11 Å². The molecule has 6 heteroatoms. The fourth-order valence-electron chi connectivity index (χ4n) is 2.04. The highest BCUT2D eigenvalue weighted by molar-refractivity contribution is 5.82. The van der Waals surface area contributed by atoms with E-state index < -0.39 is 0 Å². The fourth-order valence-corrected chi connectivity index (χ4v) is 2.04. The molecular formula is C13H14N4O2. The van der Waals surface area contributed by atoms with Crippen molar-refractivity contribution in [3.05, 3.63) is 23.8 Å². The Morgan fingerprint density at radius 3 is 3.00 bits per heavy atom. The Labute approximate surface area is 110 Å². The van der Waals surface area contributed by atoms with Crippen molar-refractivity contribution >= 4 is 6.29 Å². The van der Waals surface area contributed by atoms with Crippen molar-refractivity contribution in [2.24, 2.45) is 5.92 Å². The van der Waals surface area contributed by atoms with Crippen LogP contribution in [0, 0.1) is 5.92 Å². The Bertz CT molecular complexity index is 604. The number of carbonyl (C=O) groups excluding carboxylic acids is 1. The predicted octanol–water partition coefficient (Wildman–Crippen LogP) is 1.57. The van der Waals surface area contributed by atoms with Crippen molar-refractivity contribution < 1.29 is 9.53 Å². The molecule has 0 bridgehead atoms. The van der Waals surface area contributed by atoms with Crippen LogP contribution in [0.2, 0.25) is 0 Å². The molecule has 2 aromatic rings. The topological polar surface area (TPSA) is 69.9 Å². The number of rotatable bonds is 5. The first-order chi connectivity index (χ1) is 9.31. The minimum Gasteiger partial charge on any atom is -0.496 e. The Balaban J connectivity index is 1.96. The van der Waals surface area contributed by atoms with Crippen LogP contribution in [-0.4, -0.2) is 33.6 Å². The molecule has 6 nitrogen and oxygen atoms in total. The van der Waals surface area contributed by atoms with E-state index >= 15 is 0 Å². The second-order valence-electron chi connectivity index (χ2n) is 4.70. The van der Waals surface area contributed by atoms with E-state index in [0.29, 0.717) is 23.1 Å². The highest BCUT2D eigenvalue weighted by atomic mass is 16.5. The van der Waals surface area contributed by atoms with Crippen LogP contribution >= 0.6 is 0 Å². The zero-order valence-electron chi connectivity index (χ0n) is 10.6. The van der Waals surface area contributed by atoms with Crippen LogP contribution in [0.5, 0.6) is 5.75 Å². The first-order valence-electron chi connectivity index (χ1n) is 6.21. The number of hydrogen-bond donors (Lipinski definition) is 0. The van der Waals surface area contributed by atoms with Gasteiger partial charge in [-0.05, 0) is 47.4 Å². The molecule has 1 saturated carbocycles. The lowest BCUT2D eigenvalue weighted by atomic mass is 10.1. The van der Waals surface area contributed by atoms with Gasteiger partial charge in [0.05, 0.1) is 12.7 Å². The van der Waals surface area contributed by atoms with E-state index in [4.69, 9.17) is 4.74 Å². The molecule has 0 unspecified atom stereocenters.